The monoisotopic (exact) mass is 275 g/mol. The van der Waals surface area contributed by atoms with Gasteiger partial charge >= 0.3 is 5.97 Å². The van der Waals surface area contributed by atoms with E-state index in [0.717, 1.165) is 13.1 Å². The van der Waals surface area contributed by atoms with Gasteiger partial charge in [0.25, 0.3) is 0 Å². The molecule has 0 amide bonds. The maximum Gasteiger partial charge on any atom is 0.337 e. The Morgan fingerprint density at radius 2 is 2.05 bits per heavy atom. The van der Waals surface area contributed by atoms with Gasteiger partial charge in [-0.3, -0.25) is 4.90 Å². The van der Waals surface area contributed by atoms with Crippen LogP contribution < -0.4 is 0 Å². The van der Waals surface area contributed by atoms with Gasteiger partial charge in [-0.25, -0.2) is 4.79 Å². The Balaban J connectivity index is 1.97. The molecule has 0 atom stereocenters. The molecule has 0 aromatic heterocycles. The number of ether oxygens (including phenoxy) is 1. The summed E-state index contributed by atoms with van der Waals surface area (Å²) >= 11 is 0. The van der Waals surface area contributed by atoms with Gasteiger partial charge in [0, 0.05) is 13.1 Å². The summed E-state index contributed by atoms with van der Waals surface area (Å²) in [7, 11) is 0. The Morgan fingerprint density at radius 1 is 1.35 bits per heavy atom. The Labute approximate surface area is 119 Å². The fraction of sp³-hybridized carbons (Fsp3) is 0.438. The molecule has 1 aromatic carbocycles. The van der Waals surface area contributed by atoms with Crippen molar-refractivity contribution in [3.8, 4) is 0 Å². The summed E-state index contributed by atoms with van der Waals surface area (Å²) in [4.78, 5) is 13.9. The summed E-state index contributed by atoms with van der Waals surface area (Å²) in [5, 5.41) is 10.0. The van der Waals surface area contributed by atoms with Crippen molar-refractivity contribution in [1.29, 1.82) is 0 Å². The van der Waals surface area contributed by atoms with Gasteiger partial charge in [-0.05, 0) is 25.8 Å². The molecule has 1 aliphatic rings. The molecule has 20 heavy (non-hydrogen) atoms. The maximum absolute atomic E-state index is 11.8. The zero-order valence-electron chi connectivity index (χ0n) is 12.0. The topological polar surface area (TPSA) is 49.8 Å². The number of nitrogens with zero attached hydrogens (tertiary/aromatic N) is 1. The number of aliphatic hydroxyl groups excluding tert-OH is 1. The largest absolute Gasteiger partial charge is 0.510 e. The van der Waals surface area contributed by atoms with E-state index in [1.54, 1.807) is 13.8 Å². The number of esters is 1. The summed E-state index contributed by atoms with van der Waals surface area (Å²) in [6.45, 7) is 5.54. The molecule has 0 saturated carbocycles. The molecular formula is C16H21NO3. The van der Waals surface area contributed by atoms with Gasteiger partial charge in [0.15, 0.2) is 0 Å². The smallest absolute Gasteiger partial charge is 0.337 e. The molecule has 0 bridgehead atoms. The van der Waals surface area contributed by atoms with Crippen molar-refractivity contribution in [2.24, 2.45) is 0 Å². The summed E-state index contributed by atoms with van der Waals surface area (Å²) in [5.74, 6) is -0.255. The highest BCUT2D eigenvalue weighted by atomic mass is 16.5. The highest BCUT2D eigenvalue weighted by Crippen LogP contribution is 2.19. The molecule has 1 aliphatic heterocycles. The lowest BCUT2D eigenvalue weighted by atomic mass is 10.1. The molecule has 2 rings (SSSR count). The van der Waals surface area contributed by atoms with E-state index in [0.29, 0.717) is 18.5 Å². The second-order valence-corrected chi connectivity index (χ2v) is 5.33. The number of aliphatic hydroxyl groups is 1. The van der Waals surface area contributed by atoms with Crippen LogP contribution in [0.25, 0.3) is 0 Å². The molecule has 0 radical (unpaired) electrons. The first-order valence-electron chi connectivity index (χ1n) is 6.94. The predicted molar refractivity (Wildman–Crippen MR) is 77.2 cm³/mol. The lowest BCUT2D eigenvalue weighted by Gasteiger charge is -2.27. The molecule has 0 saturated heterocycles. The lowest BCUT2D eigenvalue weighted by molar-refractivity contribution is -0.143. The van der Waals surface area contributed by atoms with E-state index in [4.69, 9.17) is 4.74 Å². The van der Waals surface area contributed by atoms with Crippen molar-refractivity contribution in [2.45, 2.75) is 32.9 Å². The van der Waals surface area contributed by atoms with Gasteiger partial charge in [-0.2, -0.15) is 0 Å². The Morgan fingerprint density at radius 3 is 2.65 bits per heavy atom. The Bertz CT molecular complexity index is 494. The SMILES string of the molecule is CC(C)OC(=O)C1=C(O)CN(Cc2ccccc2)CC1. The molecule has 1 aromatic rings. The molecule has 0 aliphatic carbocycles. The summed E-state index contributed by atoms with van der Waals surface area (Å²) < 4.78 is 5.14. The van der Waals surface area contributed by atoms with E-state index >= 15 is 0 Å². The van der Waals surface area contributed by atoms with Gasteiger partial charge in [0.2, 0.25) is 0 Å². The van der Waals surface area contributed by atoms with Gasteiger partial charge < -0.3 is 9.84 Å². The van der Waals surface area contributed by atoms with Crippen LogP contribution in [-0.4, -0.2) is 35.2 Å². The first-order valence-corrected chi connectivity index (χ1v) is 6.94. The summed E-state index contributed by atoms with van der Waals surface area (Å²) in [5.41, 5.74) is 1.62. The molecule has 4 heteroatoms. The first kappa shape index (κ1) is 14.6. The lowest BCUT2D eigenvalue weighted by Crippen LogP contribution is -2.33. The minimum absolute atomic E-state index is 0.137. The third kappa shape index (κ3) is 3.84. The summed E-state index contributed by atoms with van der Waals surface area (Å²) in [6.07, 6.45) is 0.370. The molecule has 0 unspecified atom stereocenters. The highest BCUT2D eigenvalue weighted by Gasteiger charge is 2.24. The Hall–Kier alpha value is -1.81. The number of rotatable bonds is 4. The van der Waals surface area contributed by atoms with Crippen molar-refractivity contribution in [3.63, 3.8) is 0 Å². The molecule has 0 fully saturated rings. The van der Waals surface area contributed by atoms with Crippen LogP contribution in [-0.2, 0) is 16.1 Å². The van der Waals surface area contributed by atoms with Crippen LogP contribution >= 0.6 is 0 Å². The zero-order chi connectivity index (χ0) is 14.5. The molecule has 1 heterocycles. The van der Waals surface area contributed by atoms with E-state index in [2.05, 4.69) is 17.0 Å². The average molecular weight is 275 g/mol. The minimum atomic E-state index is -0.392. The van der Waals surface area contributed by atoms with Crippen molar-refractivity contribution < 1.29 is 14.6 Å². The van der Waals surface area contributed by atoms with Crippen LogP contribution in [0.5, 0.6) is 0 Å². The van der Waals surface area contributed by atoms with E-state index in [1.807, 2.05) is 18.2 Å². The number of benzene rings is 1. The third-order valence-corrected chi connectivity index (χ3v) is 3.24. The summed E-state index contributed by atoms with van der Waals surface area (Å²) in [6, 6.07) is 10.1. The van der Waals surface area contributed by atoms with Crippen LogP contribution in [0.15, 0.2) is 41.7 Å². The van der Waals surface area contributed by atoms with Gasteiger partial charge in [-0.15, -0.1) is 0 Å². The number of carbonyl (C=O) groups excluding carboxylic acids is 1. The van der Waals surface area contributed by atoms with E-state index in [-0.39, 0.29) is 11.9 Å². The van der Waals surface area contributed by atoms with Crippen molar-refractivity contribution >= 4 is 5.97 Å². The second kappa shape index (κ2) is 6.57. The molecule has 108 valence electrons. The normalized spacial score (nSPS) is 16.6. The van der Waals surface area contributed by atoms with Crippen LogP contribution in [0.3, 0.4) is 0 Å². The fourth-order valence-corrected chi connectivity index (χ4v) is 2.28. The number of hydrogen-bond donors (Lipinski definition) is 1. The van der Waals surface area contributed by atoms with E-state index in [1.165, 1.54) is 5.56 Å². The second-order valence-electron chi connectivity index (χ2n) is 5.33. The van der Waals surface area contributed by atoms with Gasteiger partial charge in [0.1, 0.15) is 5.76 Å². The quantitative estimate of drug-likeness (QED) is 0.858. The van der Waals surface area contributed by atoms with Crippen molar-refractivity contribution in [1.82, 2.24) is 4.90 Å². The third-order valence-electron chi connectivity index (χ3n) is 3.24. The number of hydrogen-bond acceptors (Lipinski definition) is 4. The van der Waals surface area contributed by atoms with Crippen LogP contribution in [0.4, 0.5) is 0 Å². The van der Waals surface area contributed by atoms with E-state index in [9.17, 15) is 9.90 Å². The zero-order valence-corrected chi connectivity index (χ0v) is 12.0. The molecule has 0 spiro atoms. The molecule has 4 nitrogen and oxygen atoms in total. The maximum atomic E-state index is 11.8. The fourth-order valence-electron chi connectivity index (χ4n) is 2.28. The molecule has 1 N–H and O–H groups in total. The van der Waals surface area contributed by atoms with Gasteiger partial charge in [0.05, 0.1) is 18.2 Å². The van der Waals surface area contributed by atoms with E-state index < -0.39 is 5.97 Å². The van der Waals surface area contributed by atoms with Crippen molar-refractivity contribution in [3.05, 3.63) is 47.2 Å². The minimum Gasteiger partial charge on any atom is -0.510 e. The highest BCUT2D eigenvalue weighted by molar-refractivity contribution is 5.89. The van der Waals surface area contributed by atoms with Crippen LogP contribution in [0.1, 0.15) is 25.8 Å². The Kier molecular flexibility index (Phi) is 4.79. The van der Waals surface area contributed by atoms with Gasteiger partial charge in [-0.1, -0.05) is 30.3 Å². The predicted octanol–water partition coefficient (Wildman–Crippen LogP) is 2.66. The standard InChI is InChI=1S/C16H21NO3/c1-12(2)20-16(19)14-8-9-17(11-15(14)18)10-13-6-4-3-5-7-13/h3-7,12,18H,8-11H2,1-2H3. The molecular weight excluding hydrogens is 254 g/mol. The van der Waals surface area contributed by atoms with Crippen LogP contribution in [0, 0.1) is 0 Å². The average Bonchev–Trinajstić information content (AvgIpc) is 2.39. The first-order chi connectivity index (χ1) is 9.56. The number of carbonyl (C=O) groups is 1. The van der Waals surface area contributed by atoms with Crippen molar-refractivity contribution in [2.75, 3.05) is 13.1 Å². The van der Waals surface area contributed by atoms with Crippen LogP contribution in [0.2, 0.25) is 0 Å².